The van der Waals surface area contributed by atoms with Crippen LogP contribution in [0.1, 0.15) is 6.42 Å². The first-order valence-corrected chi connectivity index (χ1v) is 7.64. The minimum absolute atomic E-state index is 0.107. The molecule has 7 heteroatoms. The second-order valence-electron chi connectivity index (χ2n) is 5.19. The number of ether oxygens (including phenoxy) is 2. The predicted octanol–water partition coefficient (Wildman–Crippen LogP) is 3.08. The Bertz CT molecular complexity index is 794. The van der Waals surface area contributed by atoms with Crippen molar-refractivity contribution in [2.45, 2.75) is 12.5 Å². The van der Waals surface area contributed by atoms with Gasteiger partial charge in [0.05, 0.1) is 24.2 Å². The number of hydrogen-bond donors (Lipinski definition) is 2. The van der Waals surface area contributed by atoms with Crippen LogP contribution in [0.15, 0.2) is 42.5 Å². The molecule has 0 saturated heterocycles. The topological polar surface area (TPSA) is 76.7 Å². The largest absolute Gasteiger partial charge is 0.495 e. The Hall–Kier alpha value is -2.73. The third-order valence-corrected chi connectivity index (χ3v) is 3.81. The summed E-state index contributed by atoms with van der Waals surface area (Å²) in [5, 5.41) is 5.79. The maximum absolute atomic E-state index is 12.2. The molecule has 1 aliphatic rings. The van der Waals surface area contributed by atoms with E-state index in [-0.39, 0.29) is 18.2 Å². The van der Waals surface area contributed by atoms with Crippen LogP contribution in [-0.4, -0.2) is 25.0 Å². The van der Waals surface area contributed by atoms with Crippen LogP contribution < -0.4 is 20.1 Å². The highest BCUT2D eigenvalue weighted by Crippen LogP contribution is 2.30. The molecule has 0 saturated carbocycles. The van der Waals surface area contributed by atoms with E-state index in [1.54, 1.807) is 42.5 Å². The van der Waals surface area contributed by atoms with Crippen molar-refractivity contribution in [2.24, 2.45) is 0 Å². The van der Waals surface area contributed by atoms with Gasteiger partial charge in [-0.3, -0.25) is 9.59 Å². The quantitative estimate of drug-likeness (QED) is 0.892. The van der Waals surface area contributed by atoms with Gasteiger partial charge in [-0.15, -0.1) is 0 Å². The molecule has 0 spiro atoms. The molecule has 124 valence electrons. The summed E-state index contributed by atoms with van der Waals surface area (Å²) < 4.78 is 10.7. The molecule has 6 nitrogen and oxygen atoms in total. The number of amides is 2. The summed E-state index contributed by atoms with van der Waals surface area (Å²) in [5.41, 5.74) is 1.11. The monoisotopic (exact) mass is 346 g/mol. The first-order valence-electron chi connectivity index (χ1n) is 7.27. The molecule has 2 N–H and O–H groups in total. The Morgan fingerprint density at radius 1 is 1.33 bits per heavy atom. The molecular formula is C17H15ClN2O4. The summed E-state index contributed by atoms with van der Waals surface area (Å²) in [6.45, 7) is 0. The lowest BCUT2D eigenvalue weighted by atomic mass is 10.1. The zero-order chi connectivity index (χ0) is 17.1. The van der Waals surface area contributed by atoms with Crippen molar-refractivity contribution >= 4 is 34.8 Å². The molecule has 0 unspecified atom stereocenters. The molecule has 0 radical (unpaired) electrons. The summed E-state index contributed by atoms with van der Waals surface area (Å²) in [5.74, 6) is 0.357. The van der Waals surface area contributed by atoms with Crippen LogP contribution in [-0.2, 0) is 9.59 Å². The van der Waals surface area contributed by atoms with E-state index in [9.17, 15) is 9.59 Å². The number of anilines is 2. The first-order chi connectivity index (χ1) is 11.6. The number of carbonyl (C=O) groups is 2. The number of nitrogens with one attached hydrogen (secondary N) is 2. The van der Waals surface area contributed by atoms with Crippen molar-refractivity contribution in [3.8, 4) is 11.5 Å². The fraction of sp³-hybridized carbons (Fsp3) is 0.176. The third kappa shape index (κ3) is 3.44. The van der Waals surface area contributed by atoms with Gasteiger partial charge in [0, 0.05) is 5.69 Å². The van der Waals surface area contributed by atoms with Crippen LogP contribution in [0.4, 0.5) is 11.4 Å². The fourth-order valence-corrected chi connectivity index (χ4v) is 2.61. The molecule has 1 atom stereocenters. The van der Waals surface area contributed by atoms with Gasteiger partial charge in [0.25, 0.3) is 5.91 Å². The van der Waals surface area contributed by atoms with Gasteiger partial charge in [0.15, 0.2) is 6.10 Å². The van der Waals surface area contributed by atoms with E-state index in [4.69, 9.17) is 21.1 Å². The number of halogens is 1. The molecule has 1 heterocycles. The van der Waals surface area contributed by atoms with E-state index in [2.05, 4.69) is 10.6 Å². The fourth-order valence-electron chi connectivity index (χ4n) is 2.35. The normalized spacial score (nSPS) is 15.8. The third-order valence-electron chi connectivity index (χ3n) is 3.51. The van der Waals surface area contributed by atoms with E-state index in [0.29, 0.717) is 27.9 Å². The summed E-state index contributed by atoms with van der Waals surface area (Å²) >= 11 is 6.02. The molecule has 0 fully saturated rings. The lowest BCUT2D eigenvalue weighted by Gasteiger charge is -2.25. The van der Waals surface area contributed by atoms with Crippen molar-refractivity contribution in [1.82, 2.24) is 0 Å². The second kappa shape index (κ2) is 6.80. The second-order valence-corrected chi connectivity index (χ2v) is 5.60. The lowest BCUT2D eigenvalue weighted by Crippen LogP contribution is -2.39. The van der Waals surface area contributed by atoms with Crippen molar-refractivity contribution in [3.05, 3.63) is 47.5 Å². The van der Waals surface area contributed by atoms with Crippen molar-refractivity contribution in [1.29, 1.82) is 0 Å². The number of carbonyl (C=O) groups excluding carboxylic acids is 2. The SMILES string of the molecule is COc1ccc(NC(=O)C[C@H]2Oc3ccccc3NC2=O)cc1Cl. The molecule has 2 aromatic carbocycles. The minimum atomic E-state index is -0.881. The number of hydrogen-bond acceptors (Lipinski definition) is 4. The van der Waals surface area contributed by atoms with Crippen LogP contribution in [0, 0.1) is 0 Å². The number of methoxy groups -OCH3 is 1. The minimum Gasteiger partial charge on any atom is -0.495 e. The summed E-state index contributed by atoms with van der Waals surface area (Å²) in [6, 6.07) is 12.0. The number of para-hydroxylation sites is 2. The van der Waals surface area contributed by atoms with E-state index < -0.39 is 6.10 Å². The first kappa shape index (κ1) is 16.1. The van der Waals surface area contributed by atoms with E-state index >= 15 is 0 Å². The predicted molar refractivity (Wildman–Crippen MR) is 90.7 cm³/mol. The van der Waals surface area contributed by atoms with Crippen molar-refractivity contribution in [2.75, 3.05) is 17.7 Å². The van der Waals surface area contributed by atoms with Crippen LogP contribution >= 0.6 is 11.6 Å². The zero-order valence-electron chi connectivity index (χ0n) is 12.8. The molecule has 2 amide bonds. The average Bonchev–Trinajstić information content (AvgIpc) is 2.55. The number of benzene rings is 2. The van der Waals surface area contributed by atoms with Gasteiger partial charge in [-0.25, -0.2) is 0 Å². The molecule has 1 aliphatic heterocycles. The average molecular weight is 347 g/mol. The van der Waals surface area contributed by atoms with Gasteiger partial charge in [-0.2, -0.15) is 0 Å². The highest BCUT2D eigenvalue weighted by Gasteiger charge is 2.29. The molecule has 0 aromatic heterocycles. The van der Waals surface area contributed by atoms with Gasteiger partial charge in [-0.05, 0) is 30.3 Å². The Labute approximate surface area is 143 Å². The smallest absolute Gasteiger partial charge is 0.266 e. The number of rotatable bonds is 4. The maximum atomic E-state index is 12.2. The van der Waals surface area contributed by atoms with Crippen LogP contribution in [0.3, 0.4) is 0 Å². The summed E-state index contributed by atoms with van der Waals surface area (Å²) in [7, 11) is 1.51. The van der Waals surface area contributed by atoms with Gasteiger partial charge in [0.1, 0.15) is 11.5 Å². The molecule has 2 aromatic rings. The molecule has 3 rings (SSSR count). The van der Waals surface area contributed by atoms with Gasteiger partial charge in [0.2, 0.25) is 5.91 Å². The summed E-state index contributed by atoms with van der Waals surface area (Å²) in [4.78, 5) is 24.2. The molecule has 24 heavy (non-hydrogen) atoms. The van der Waals surface area contributed by atoms with Crippen molar-refractivity contribution in [3.63, 3.8) is 0 Å². The van der Waals surface area contributed by atoms with Gasteiger partial charge in [-0.1, -0.05) is 23.7 Å². The Morgan fingerprint density at radius 2 is 2.12 bits per heavy atom. The van der Waals surface area contributed by atoms with Crippen LogP contribution in [0.5, 0.6) is 11.5 Å². The Kier molecular flexibility index (Phi) is 4.57. The highest BCUT2D eigenvalue weighted by atomic mass is 35.5. The van der Waals surface area contributed by atoms with E-state index in [0.717, 1.165) is 0 Å². The van der Waals surface area contributed by atoms with E-state index in [1.807, 2.05) is 0 Å². The van der Waals surface area contributed by atoms with E-state index in [1.165, 1.54) is 7.11 Å². The summed E-state index contributed by atoms with van der Waals surface area (Å²) in [6.07, 6.45) is -0.988. The standard InChI is InChI=1S/C17H15ClN2O4/c1-23-13-7-6-10(8-11(13)18)19-16(21)9-15-17(22)20-12-4-2-3-5-14(12)24-15/h2-8,15H,9H2,1H3,(H,19,21)(H,20,22)/t15-/m1/s1. The lowest BCUT2D eigenvalue weighted by molar-refractivity contribution is -0.128. The van der Waals surface area contributed by atoms with Crippen molar-refractivity contribution < 1.29 is 19.1 Å². The number of fused-ring (bicyclic) bond motifs is 1. The van der Waals surface area contributed by atoms with Crippen LogP contribution in [0.25, 0.3) is 0 Å². The molecule has 0 aliphatic carbocycles. The Balaban J connectivity index is 1.65. The van der Waals surface area contributed by atoms with Gasteiger partial charge < -0.3 is 20.1 Å². The molecular weight excluding hydrogens is 332 g/mol. The van der Waals surface area contributed by atoms with Gasteiger partial charge >= 0.3 is 0 Å². The zero-order valence-corrected chi connectivity index (χ0v) is 13.6. The maximum Gasteiger partial charge on any atom is 0.266 e. The highest BCUT2D eigenvalue weighted by molar-refractivity contribution is 6.32. The van der Waals surface area contributed by atoms with Crippen LogP contribution in [0.2, 0.25) is 5.02 Å². The molecule has 0 bridgehead atoms. The Morgan fingerprint density at radius 3 is 2.88 bits per heavy atom.